The smallest absolute Gasteiger partial charge is 0.337 e. The van der Waals surface area contributed by atoms with Gasteiger partial charge in [-0.3, -0.25) is 0 Å². The highest BCUT2D eigenvalue weighted by atomic mass is 16.5. The van der Waals surface area contributed by atoms with Crippen molar-refractivity contribution in [3.8, 4) is 0 Å². The molecule has 0 aliphatic rings. The zero-order valence-electron chi connectivity index (χ0n) is 8.86. The van der Waals surface area contributed by atoms with E-state index in [0.717, 1.165) is 0 Å². The van der Waals surface area contributed by atoms with Crippen molar-refractivity contribution in [2.45, 2.75) is 13.0 Å². The Balaban J connectivity index is 2.79. The summed E-state index contributed by atoms with van der Waals surface area (Å²) >= 11 is 0. The van der Waals surface area contributed by atoms with Gasteiger partial charge in [0.1, 0.15) is 0 Å². The molecule has 0 aliphatic carbocycles. The highest BCUT2D eigenvalue weighted by molar-refractivity contribution is 5.94. The summed E-state index contributed by atoms with van der Waals surface area (Å²) in [5, 5.41) is 12.0. The number of rotatable bonds is 5. The average Bonchev–Trinajstić information content (AvgIpc) is 2.18. The van der Waals surface area contributed by atoms with Crippen molar-refractivity contribution in [3.05, 3.63) is 29.8 Å². The summed E-state index contributed by atoms with van der Waals surface area (Å²) in [5.41, 5.74) is 0.898. The van der Waals surface area contributed by atoms with Crippen molar-refractivity contribution >= 4 is 11.7 Å². The van der Waals surface area contributed by atoms with Gasteiger partial charge in [-0.15, -0.1) is 0 Å². The number of carboxylic acid groups (broad SMARTS) is 1. The number of anilines is 1. The van der Waals surface area contributed by atoms with Crippen LogP contribution >= 0.6 is 0 Å². The summed E-state index contributed by atoms with van der Waals surface area (Å²) in [7, 11) is 1.61. The summed E-state index contributed by atoms with van der Waals surface area (Å²) in [4.78, 5) is 10.9. The van der Waals surface area contributed by atoms with Crippen LogP contribution < -0.4 is 5.32 Å². The van der Waals surface area contributed by atoms with Crippen molar-refractivity contribution in [1.82, 2.24) is 0 Å². The van der Waals surface area contributed by atoms with Crippen LogP contribution in [0.15, 0.2) is 24.3 Å². The Morgan fingerprint density at radius 2 is 2.20 bits per heavy atom. The molecule has 1 aromatic carbocycles. The van der Waals surface area contributed by atoms with Gasteiger partial charge in [-0.05, 0) is 19.1 Å². The molecule has 1 unspecified atom stereocenters. The van der Waals surface area contributed by atoms with E-state index >= 15 is 0 Å². The summed E-state index contributed by atoms with van der Waals surface area (Å²) < 4.78 is 4.97. The zero-order chi connectivity index (χ0) is 11.3. The van der Waals surface area contributed by atoms with Crippen LogP contribution in [-0.4, -0.2) is 30.8 Å². The minimum atomic E-state index is -0.928. The van der Waals surface area contributed by atoms with Crippen LogP contribution in [0, 0.1) is 0 Å². The van der Waals surface area contributed by atoms with Crippen LogP contribution in [0.2, 0.25) is 0 Å². The van der Waals surface area contributed by atoms with Gasteiger partial charge in [-0.1, -0.05) is 12.1 Å². The van der Waals surface area contributed by atoms with E-state index in [4.69, 9.17) is 9.84 Å². The molecule has 0 bridgehead atoms. The monoisotopic (exact) mass is 209 g/mol. The van der Waals surface area contributed by atoms with Crippen molar-refractivity contribution in [2.75, 3.05) is 19.0 Å². The Kier molecular flexibility index (Phi) is 4.12. The summed E-state index contributed by atoms with van der Waals surface area (Å²) in [5.74, 6) is -0.928. The number of ether oxygens (including phenoxy) is 1. The lowest BCUT2D eigenvalue weighted by molar-refractivity contribution is 0.0698. The van der Waals surface area contributed by atoms with Gasteiger partial charge in [0.05, 0.1) is 12.2 Å². The number of benzene rings is 1. The van der Waals surface area contributed by atoms with E-state index in [1.165, 1.54) is 0 Å². The molecule has 0 spiro atoms. The standard InChI is InChI=1S/C11H15NO3/c1-8(7-15-2)12-10-6-4-3-5-9(10)11(13)14/h3-6,8,12H,7H2,1-2H3,(H,13,14). The van der Waals surface area contributed by atoms with E-state index in [1.54, 1.807) is 31.4 Å². The minimum absolute atomic E-state index is 0.0792. The average molecular weight is 209 g/mol. The molecule has 0 amide bonds. The van der Waals surface area contributed by atoms with Crippen LogP contribution in [0.1, 0.15) is 17.3 Å². The maximum Gasteiger partial charge on any atom is 0.337 e. The fourth-order valence-corrected chi connectivity index (χ4v) is 1.35. The fourth-order valence-electron chi connectivity index (χ4n) is 1.35. The van der Waals surface area contributed by atoms with Gasteiger partial charge in [0, 0.05) is 18.8 Å². The second kappa shape index (κ2) is 5.36. The number of methoxy groups -OCH3 is 1. The molecule has 0 aromatic heterocycles. The first-order valence-corrected chi connectivity index (χ1v) is 4.73. The molecule has 2 N–H and O–H groups in total. The van der Waals surface area contributed by atoms with Crippen molar-refractivity contribution in [1.29, 1.82) is 0 Å². The van der Waals surface area contributed by atoms with Crippen LogP contribution in [0.4, 0.5) is 5.69 Å². The van der Waals surface area contributed by atoms with E-state index in [0.29, 0.717) is 12.3 Å². The Bertz CT molecular complexity index is 338. The van der Waals surface area contributed by atoms with Crippen molar-refractivity contribution in [3.63, 3.8) is 0 Å². The first-order chi connectivity index (χ1) is 7.15. The van der Waals surface area contributed by atoms with E-state index in [-0.39, 0.29) is 11.6 Å². The van der Waals surface area contributed by atoms with Gasteiger partial charge in [-0.2, -0.15) is 0 Å². The van der Waals surface area contributed by atoms with E-state index < -0.39 is 5.97 Å². The molecule has 1 atom stereocenters. The Hall–Kier alpha value is -1.55. The van der Waals surface area contributed by atoms with Gasteiger partial charge < -0.3 is 15.2 Å². The molecule has 1 rings (SSSR count). The number of hydrogen-bond donors (Lipinski definition) is 2. The lowest BCUT2D eigenvalue weighted by Crippen LogP contribution is -2.22. The van der Waals surface area contributed by atoms with Crippen LogP contribution in [0.5, 0.6) is 0 Å². The van der Waals surface area contributed by atoms with E-state index in [1.807, 2.05) is 6.92 Å². The number of hydrogen-bond acceptors (Lipinski definition) is 3. The van der Waals surface area contributed by atoms with Crippen LogP contribution in [0.3, 0.4) is 0 Å². The topological polar surface area (TPSA) is 58.6 Å². The fraction of sp³-hybridized carbons (Fsp3) is 0.364. The van der Waals surface area contributed by atoms with Crippen LogP contribution in [0.25, 0.3) is 0 Å². The molecule has 0 heterocycles. The molecule has 0 saturated carbocycles. The maximum atomic E-state index is 10.9. The lowest BCUT2D eigenvalue weighted by Gasteiger charge is -2.15. The first-order valence-electron chi connectivity index (χ1n) is 4.73. The second-order valence-electron chi connectivity index (χ2n) is 3.35. The minimum Gasteiger partial charge on any atom is -0.478 e. The molecule has 0 saturated heterocycles. The van der Waals surface area contributed by atoms with Gasteiger partial charge in [0.15, 0.2) is 0 Å². The Morgan fingerprint density at radius 1 is 1.53 bits per heavy atom. The molecule has 15 heavy (non-hydrogen) atoms. The summed E-state index contributed by atoms with van der Waals surface area (Å²) in [6.45, 7) is 2.47. The largest absolute Gasteiger partial charge is 0.478 e. The number of para-hydroxylation sites is 1. The Morgan fingerprint density at radius 3 is 2.80 bits per heavy atom. The van der Waals surface area contributed by atoms with Gasteiger partial charge in [0.2, 0.25) is 0 Å². The van der Waals surface area contributed by atoms with Gasteiger partial charge in [-0.25, -0.2) is 4.79 Å². The van der Waals surface area contributed by atoms with Crippen molar-refractivity contribution in [2.24, 2.45) is 0 Å². The molecule has 1 aromatic rings. The molecule has 82 valence electrons. The molecular formula is C11H15NO3. The third-order valence-electron chi connectivity index (χ3n) is 1.98. The highest BCUT2D eigenvalue weighted by Crippen LogP contribution is 2.15. The molecule has 4 nitrogen and oxygen atoms in total. The lowest BCUT2D eigenvalue weighted by atomic mass is 10.1. The molecule has 0 aliphatic heterocycles. The van der Waals surface area contributed by atoms with Crippen LogP contribution in [-0.2, 0) is 4.74 Å². The zero-order valence-corrected chi connectivity index (χ0v) is 8.86. The summed E-state index contributed by atoms with van der Waals surface area (Å²) in [6, 6.07) is 6.90. The molecule has 4 heteroatoms. The predicted octanol–water partition coefficient (Wildman–Crippen LogP) is 1.83. The number of carboxylic acids is 1. The van der Waals surface area contributed by atoms with E-state index in [2.05, 4.69) is 5.32 Å². The predicted molar refractivity (Wildman–Crippen MR) is 58.4 cm³/mol. The van der Waals surface area contributed by atoms with Gasteiger partial charge in [0.25, 0.3) is 0 Å². The normalized spacial score (nSPS) is 12.1. The highest BCUT2D eigenvalue weighted by Gasteiger charge is 2.10. The maximum absolute atomic E-state index is 10.9. The number of aromatic carboxylic acids is 1. The first kappa shape index (κ1) is 11.5. The summed E-state index contributed by atoms with van der Waals surface area (Å²) in [6.07, 6.45) is 0. The number of carbonyl (C=O) groups is 1. The van der Waals surface area contributed by atoms with Crippen molar-refractivity contribution < 1.29 is 14.6 Å². The quantitative estimate of drug-likeness (QED) is 0.776. The molecular weight excluding hydrogens is 194 g/mol. The van der Waals surface area contributed by atoms with Gasteiger partial charge >= 0.3 is 5.97 Å². The Labute approximate surface area is 88.9 Å². The number of nitrogens with one attached hydrogen (secondary N) is 1. The second-order valence-corrected chi connectivity index (χ2v) is 3.35. The van der Waals surface area contributed by atoms with E-state index in [9.17, 15) is 4.79 Å². The third-order valence-corrected chi connectivity index (χ3v) is 1.98. The molecule has 0 radical (unpaired) electrons. The third kappa shape index (κ3) is 3.25. The molecule has 0 fully saturated rings. The SMILES string of the molecule is COCC(C)Nc1ccccc1C(=O)O.